The molecule has 80 valence electrons. The zero-order valence-corrected chi connectivity index (χ0v) is 9.41. The fourth-order valence-electron chi connectivity index (χ4n) is 1.36. The number of rotatable bonds is 4. The van der Waals surface area contributed by atoms with Crippen LogP contribution in [-0.4, -0.2) is 12.9 Å². The number of benzene rings is 1. The molecule has 1 aromatic rings. The van der Waals surface area contributed by atoms with Crippen LogP contribution in [0.25, 0.3) is 0 Å². The van der Waals surface area contributed by atoms with Gasteiger partial charge in [-0.05, 0) is 37.6 Å². The molecule has 0 heterocycles. The Labute approximate surface area is 90.6 Å². The molecule has 1 aromatic carbocycles. The van der Waals surface area contributed by atoms with E-state index >= 15 is 0 Å². The van der Waals surface area contributed by atoms with Crippen molar-refractivity contribution in [2.45, 2.75) is 20.3 Å². The quantitative estimate of drug-likeness (QED) is 0.705. The SMILES string of the molecule is COc1cccc(CC(=O)C=C(C)C)c1. The van der Waals surface area contributed by atoms with E-state index < -0.39 is 0 Å². The molecule has 15 heavy (non-hydrogen) atoms. The first-order valence-electron chi connectivity index (χ1n) is 4.92. The van der Waals surface area contributed by atoms with Gasteiger partial charge in [-0.3, -0.25) is 4.79 Å². The van der Waals surface area contributed by atoms with Crippen molar-refractivity contribution in [3.05, 3.63) is 41.5 Å². The highest BCUT2D eigenvalue weighted by atomic mass is 16.5. The topological polar surface area (TPSA) is 26.3 Å². The molecule has 0 radical (unpaired) electrons. The van der Waals surface area contributed by atoms with Crippen LogP contribution in [0.15, 0.2) is 35.9 Å². The van der Waals surface area contributed by atoms with Gasteiger partial charge in [0.05, 0.1) is 7.11 Å². The molecule has 0 saturated heterocycles. The van der Waals surface area contributed by atoms with Crippen molar-refractivity contribution in [2.24, 2.45) is 0 Å². The van der Waals surface area contributed by atoms with Crippen molar-refractivity contribution in [3.63, 3.8) is 0 Å². The van der Waals surface area contributed by atoms with E-state index in [1.54, 1.807) is 13.2 Å². The molecule has 0 fully saturated rings. The monoisotopic (exact) mass is 204 g/mol. The van der Waals surface area contributed by atoms with Crippen molar-refractivity contribution in [1.82, 2.24) is 0 Å². The molecule has 0 atom stereocenters. The summed E-state index contributed by atoms with van der Waals surface area (Å²) in [6.45, 7) is 3.84. The lowest BCUT2D eigenvalue weighted by Gasteiger charge is -2.02. The fraction of sp³-hybridized carbons (Fsp3) is 0.308. The summed E-state index contributed by atoms with van der Waals surface area (Å²) in [5.41, 5.74) is 2.01. The van der Waals surface area contributed by atoms with Crippen LogP contribution >= 0.6 is 0 Å². The van der Waals surface area contributed by atoms with Gasteiger partial charge >= 0.3 is 0 Å². The maximum absolute atomic E-state index is 11.5. The molecular weight excluding hydrogens is 188 g/mol. The van der Waals surface area contributed by atoms with Gasteiger partial charge in [0.1, 0.15) is 5.75 Å². The van der Waals surface area contributed by atoms with E-state index in [0.29, 0.717) is 6.42 Å². The van der Waals surface area contributed by atoms with Crippen molar-refractivity contribution in [3.8, 4) is 5.75 Å². The number of ketones is 1. The molecule has 0 aromatic heterocycles. The molecular formula is C13H16O2. The normalized spacial score (nSPS) is 9.53. The van der Waals surface area contributed by atoms with Crippen molar-refractivity contribution in [2.75, 3.05) is 7.11 Å². The zero-order chi connectivity index (χ0) is 11.3. The van der Waals surface area contributed by atoms with Gasteiger partial charge in [-0.1, -0.05) is 17.7 Å². The van der Waals surface area contributed by atoms with Crippen molar-refractivity contribution < 1.29 is 9.53 Å². The van der Waals surface area contributed by atoms with E-state index in [0.717, 1.165) is 16.9 Å². The highest BCUT2D eigenvalue weighted by Gasteiger charge is 2.01. The predicted molar refractivity (Wildman–Crippen MR) is 61.1 cm³/mol. The number of carbonyl (C=O) groups is 1. The van der Waals surface area contributed by atoms with Gasteiger partial charge in [0, 0.05) is 6.42 Å². The Bertz CT molecular complexity index is 374. The molecule has 0 unspecified atom stereocenters. The van der Waals surface area contributed by atoms with Gasteiger partial charge in [-0.25, -0.2) is 0 Å². The van der Waals surface area contributed by atoms with Crippen molar-refractivity contribution in [1.29, 1.82) is 0 Å². The second kappa shape index (κ2) is 5.35. The molecule has 2 nitrogen and oxygen atoms in total. The molecule has 0 N–H and O–H groups in total. The Morgan fingerprint density at radius 3 is 2.73 bits per heavy atom. The van der Waals surface area contributed by atoms with Crippen LogP contribution < -0.4 is 4.74 Å². The molecule has 0 aliphatic heterocycles. The van der Waals surface area contributed by atoms with E-state index in [1.807, 2.05) is 38.1 Å². The summed E-state index contributed by atoms with van der Waals surface area (Å²) >= 11 is 0. The summed E-state index contributed by atoms with van der Waals surface area (Å²) in [4.78, 5) is 11.5. The maximum atomic E-state index is 11.5. The zero-order valence-electron chi connectivity index (χ0n) is 9.41. The Morgan fingerprint density at radius 2 is 2.13 bits per heavy atom. The Morgan fingerprint density at radius 1 is 1.40 bits per heavy atom. The third-order valence-corrected chi connectivity index (χ3v) is 1.96. The highest BCUT2D eigenvalue weighted by Crippen LogP contribution is 2.13. The molecule has 0 amide bonds. The third kappa shape index (κ3) is 3.98. The predicted octanol–water partition coefficient (Wildman–Crippen LogP) is 2.77. The van der Waals surface area contributed by atoms with E-state index in [-0.39, 0.29) is 5.78 Å². The second-order valence-electron chi connectivity index (χ2n) is 3.72. The van der Waals surface area contributed by atoms with Crippen LogP contribution in [0, 0.1) is 0 Å². The molecule has 0 saturated carbocycles. The lowest BCUT2D eigenvalue weighted by Crippen LogP contribution is -1.99. The summed E-state index contributed by atoms with van der Waals surface area (Å²) in [6, 6.07) is 7.58. The van der Waals surface area contributed by atoms with Crippen LogP contribution in [0.2, 0.25) is 0 Å². The first kappa shape index (κ1) is 11.5. The van der Waals surface area contributed by atoms with Crippen LogP contribution in [0.1, 0.15) is 19.4 Å². The number of carbonyl (C=O) groups excluding carboxylic acids is 1. The summed E-state index contributed by atoms with van der Waals surface area (Å²) in [5, 5.41) is 0. The van der Waals surface area contributed by atoms with Gasteiger partial charge < -0.3 is 4.74 Å². The van der Waals surface area contributed by atoms with Crippen molar-refractivity contribution >= 4 is 5.78 Å². The van der Waals surface area contributed by atoms with Crippen LogP contribution in [0.5, 0.6) is 5.75 Å². The van der Waals surface area contributed by atoms with Gasteiger partial charge in [0.25, 0.3) is 0 Å². The number of hydrogen-bond acceptors (Lipinski definition) is 2. The largest absolute Gasteiger partial charge is 0.497 e. The minimum absolute atomic E-state index is 0.128. The lowest BCUT2D eigenvalue weighted by atomic mass is 10.1. The minimum Gasteiger partial charge on any atom is -0.497 e. The Kier molecular flexibility index (Phi) is 4.10. The summed E-state index contributed by atoms with van der Waals surface area (Å²) in [7, 11) is 1.62. The fourth-order valence-corrected chi connectivity index (χ4v) is 1.36. The van der Waals surface area contributed by atoms with E-state index in [4.69, 9.17) is 4.74 Å². The molecule has 1 rings (SSSR count). The molecule has 0 aliphatic carbocycles. The smallest absolute Gasteiger partial charge is 0.159 e. The molecule has 0 aliphatic rings. The maximum Gasteiger partial charge on any atom is 0.159 e. The van der Waals surface area contributed by atoms with Crippen LogP contribution in [0.3, 0.4) is 0 Å². The number of allylic oxidation sites excluding steroid dienone is 2. The number of hydrogen-bond donors (Lipinski definition) is 0. The second-order valence-corrected chi connectivity index (χ2v) is 3.72. The van der Waals surface area contributed by atoms with E-state index in [9.17, 15) is 4.79 Å². The highest BCUT2D eigenvalue weighted by molar-refractivity contribution is 5.91. The first-order chi connectivity index (χ1) is 7.11. The van der Waals surface area contributed by atoms with Crippen LogP contribution in [-0.2, 0) is 11.2 Å². The van der Waals surface area contributed by atoms with Gasteiger partial charge in [-0.15, -0.1) is 0 Å². The number of ether oxygens (including phenoxy) is 1. The number of methoxy groups -OCH3 is 1. The Hall–Kier alpha value is -1.57. The van der Waals surface area contributed by atoms with Crippen LogP contribution in [0.4, 0.5) is 0 Å². The summed E-state index contributed by atoms with van der Waals surface area (Å²) in [6.07, 6.45) is 2.10. The summed E-state index contributed by atoms with van der Waals surface area (Å²) in [5.74, 6) is 0.917. The molecule has 0 bridgehead atoms. The Balaban J connectivity index is 2.72. The van der Waals surface area contributed by atoms with Gasteiger partial charge in [0.15, 0.2) is 5.78 Å². The average molecular weight is 204 g/mol. The summed E-state index contributed by atoms with van der Waals surface area (Å²) < 4.78 is 5.09. The molecule has 0 spiro atoms. The van der Waals surface area contributed by atoms with E-state index in [1.165, 1.54) is 0 Å². The third-order valence-electron chi connectivity index (χ3n) is 1.96. The lowest BCUT2D eigenvalue weighted by molar-refractivity contribution is -0.114. The van der Waals surface area contributed by atoms with E-state index in [2.05, 4.69) is 0 Å². The van der Waals surface area contributed by atoms with Gasteiger partial charge in [-0.2, -0.15) is 0 Å². The standard InChI is InChI=1S/C13H16O2/c1-10(2)7-12(14)8-11-5-4-6-13(9-11)15-3/h4-7,9H,8H2,1-3H3. The van der Waals surface area contributed by atoms with Gasteiger partial charge in [0.2, 0.25) is 0 Å². The molecule has 2 heteroatoms. The average Bonchev–Trinajstić information content (AvgIpc) is 2.16. The minimum atomic E-state index is 0.128. The first-order valence-corrected chi connectivity index (χ1v) is 4.92.